The molecule has 0 aliphatic heterocycles. The third kappa shape index (κ3) is 26.8. The van der Waals surface area contributed by atoms with Crippen LogP contribution in [0.1, 0.15) is 20.7 Å². The van der Waals surface area contributed by atoms with Crippen LogP contribution in [0.15, 0.2) is 255 Å². The van der Waals surface area contributed by atoms with E-state index < -0.39 is 18.7 Å². The van der Waals surface area contributed by atoms with Gasteiger partial charge in [-0.1, -0.05) is 0 Å². The van der Waals surface area contributed by atoms with Crippen LogP contribution in [-0.2, 0) is 9.47 Å². The van der Waals surface area contributed by atoms with Gasteiger partial charge in [-0.15, -0.1) is 0 Å². The fourth-order valence-electron chi connectivity index (χ4n) is 9.60. The number of esters is 2. The topological polar surface area (TPSA) is 667 Å². The molecule has 13 rings (SSSR count). The molecular weight excluding hydrogens is 1430 g/mol. The minimum absolute atomic E-state index is 0.159. The number of aromatic nitrogens is 1. The minimum atomic E-state index is -0.719. The first-order valence-corrected chi connectivity index (χ1v) is 33.2. The molecule has 0 aliphatic rings. The maximum atomic E-state index is 11.8. The van der Waals surface area contributed by atoms with E-state index in [1.165, 1.54) is 36.4 Å². The molecule has 0 atom stereocenters. The van der Waals surface area contributed by atoms with E-state index in [2.05, 4.69) is 4.98 Å². The monoisotopic (exact) mass is 1510 g/mol. The normalized spacial score (nSPS) is 10.1. The van der Waals surface area contributed by atoms with Crippen LogP contribution < -0.4 is 149 Å². The average Bonchev–Trinajstić information content (AvgIpc) is 0.859. The van der Waals surface area contributed by atoms with E-state index in [0.717, 1.165) is 5.75 Å². The highest BCUT2D eigenvalue weighted by molar-refractivity contribution is 5.93. The minimum Gasteiger partial charge on any atom is -0.457 e. The number of hydrogen-bond acceptors (Lipinski definition) is 32. The summed E-state index contributed by atoms with van der Waals surface area (Å²) >= 11 is 0. The van der Waals surface area contributed by atoms with Gasteiger partial charge in [-0.25, -0.2) is 14.6 Å². The molecule has 0 saturated heterocycles. The number of hydrogen-bond donors (Lipinski definition) is 21. The Balaban J connectivity index is 0.000000172. The van der Waals surface area contributed by atoms with Crippen molar-refractivity contribution < 1.29 is 47.5 Å². The molecule has 12 aromatic carbocycles. The Bertz CT molecular complexity index is 5020. The summed E-state index contributed by atoms with van der Waals surface area (Å²) in [4.78, 5) is 27.3. The van der Waals surface area contributed by atoms with E-state index >= 15 is 0 Å². The molecule has 13 aromatic rings. The van der Waals surface area contributed by atoms with Gasteiger partial charge in [0.1, 0.15) is 69.1 Å². The van der Waals surface area contributed by atoms with Crippen molar-refractivity contribution in [1.29, 1.82) is 0 Å². The highest BCUT2D eigenvalue weighted by atomic mass is 16.7. The summed E-state index contributed by atoms with van der Waals surface area (Å²) in [6.45, 7) is -0.568. The standard InChI is InChI=1S/C18H18N4O2.C18H17N3O2.C15H16N4O4.C12H14N4O.C12H13N3O.C5H8N4/c19-11-5-12(20)8-17(7-11)23-15-1-2-16(4-3-15)24-18-9-13(21)6-14(22)10-18;19-12-1-3-15(4-2-12)22-16-5-7-17(8-6-16)23-18-10-13(20)9-14(21)11-18;16-10-1-8(2-11(17)5-10)14(20)22-7-23-15(21)9-3-12(18)6-13(19)4-9;13-7-1-3-11(9(15)5-7)17-12-4-2-8(14)6-10(12)16;13-8-1-4-10(5-2-8)16-12-6-3-9(14)7-11(12)15;6-3-1-4(7)9-5(8)2-3/h1-10H,19-22H2;1-11H,19-21H2;1-6H,7,16-19H2;1-6H,13-16H2;1-7H,13-15H2;1-2H,(H6,6,7,8,9). The van der Waals surface area contributed by atoms with Gasteiger partial charge in [0.25, 0.3) is 0 Å². The lowest BCUT2D eigenvalue weighted by Crippen LogP contribution is -2.14. The van der Waals surface area contributed by atoms with Crippen molar-refractivity contribution in [2.75, 3.05) is 127 Å². The van der Waals surface area contributed by atoms with Gasteiger partial charge in [0.15, 0.2) is 11.5 Å². The molecule has 1 heterocycles. The highest BCUT2D eigenvalue weighted by Crippen LogP contribution is 2.36. The Hall–Kier alpha value is -16.7. The summed E-state index contributed by atoms with van der Waals surface area (Å²) in [7, 11) is 0. The first kappa shape index (κ1) is 81.0. The number of ether oxygens (including phenoxy) is 8. The van der Waals surface area contributed by atoms with Gasteiger partial charge in [-0.2, -0.15) is 0 Å². The van der Waals surface area contributed by atoms with E-state index in [1.807, 2.05) is 36.4 Å². The van der Waals surface area contributed by atoms with Crippen LogP contribution >= 0.6 is 0 Å². The maximum absolute atomic E-state index is 11.8. The van der Waals surface area contributed by atoms with Crippen molar-refractivity contribution in [3.63, 3.8) is 0 Å². The number of nitrogens with two attached hydrogens (primary N) is 21. The lowest BCUT2D eigenvalue weighted by atomic mass is 10.2. The van der Waals surface area contributed by atoms with Crippen molar-refractivity contribution in [1.82, 2.24) is 4.98 Å². The van der Waals surface area contributed by atoms with Crippen LogP contribution in [0.25, 0.3) is 0 Å². The van der Waals surface area contributed by atoms with E-state index in [1.54, 1.807) is 182 Å². The van der Waals surface area contributed by atoms with Crippen LogP contribution in [0.4, 0.5) is 120 Å². The molecule has 576 valence electrons. The molecule has 0 bridgehead atoms. The molecule has 0 spiro atoms. The molecule has 32 heteroatoms. The Morgan fingerprint density at radius 1 is 0.205 bits per heavy atom. The van der Waals surface area contributed by atoms with Gasteiger partial charge < -0.3 is 158 Å². The second-order valence-corrected chi connectivity index (χ2v) is 24.1. The van der Waals surface area contributed by atoms with Gasteiger partial charge in [-0.3, -0.25) is 0 Å². The highest BCUT2D eigenvalue weighted by Gasteiger charge is 2.14. The first-order chi connectivity index (χ1) is 53.3. The van der Waals surface area contributed by atoms with Gasteiger partial charge in [0.05, 0.1) is 28.2 Å². The van der Waals surface area contributed by atoms with Gasteiger partial charge >= 0.3 is 11.9 Å². The molecule has 0 amide bonds. The molecule has 1 aromatic heterocycles. The summed E-state index contributed by atoms with van der Waals surface area (Å²) in [6.07, 6.45) is 0. The maximum Gasteiger partial charge on any atom is 0.341 e. The van der Waals surface area contributed by atoms with Crippen LogP contribution in [0.2, 0.25) is 0 Å². The Labute approximate surface area is 643 Å². The van der Waals surface area contributed by atoms with Gasteiger partial charge in [0, 0.05) is 140 Å². The lowest BCUT2D eigenvalue weighted by Gasteiger charge is -2.11. The molecule has 0 aliphatic carbocycles. The van der Waals surface area contributed by atoms with Crippen molar-refractivity contribution in [2.45, 2.75) is 0 Å². The summed E-state index contributed by atoms with van der Waals surface area (Å²) in [5.74, 6) is 6.66. The van der Waals surface area contributed by atoms with Crippen LogP contribution in [0, 0.1) is 0 Å². The largest absolute Gasteiger partial charge is 0.457 e. The zero-order valence-corrected chi connectivity index (χ0v) is 60.1. The third-order valence-corrected chi connectivity index (χ3v) is 14.4. The zero-order valence-electron chi connectivity index (χ0n) is 60.1. The second kappa shape index (κ2) is 38.4. The quantitative estimate of drug-likeness (QED) is 0.0243. The predicted octanol–water partition coefficient (Wildman–Crippen LogP) is 12.5. The molecular formula is C80H86N22O10. The lowest BCUT2D eigenvalue weighted by molar-refractivity contribution is -0.0167. The van der Waals surface area contributed by atoms with Crippen LogP contribution in [0.3, 0.4) is 0 Å². The number of nitrogen functional groups attached to an aromatic ring is 21. The summed E-state index contributed by atoms with van der Waals surface area (Å²) in [6, 6.07) is 70.9. The summed E-state index contributed by atoms with van der Waals surface area (Å²) in [5.41, 5.74) is 128. The van der Waals surface area contributed by atoms with Crippen molar-refractivity contribution in [3.8, 4) is 69.0 Å². The molecule has 32 nitrogen and oxygen atoms in total. The van der Waals surface area contributed by atoms with Gasteiger partial charge in [0.2, 0.25) is 6.79 Å². The number of benzene rings is 12. The number of pyridine rings is 1. The number of carbonyl (C=O) groups is 2. The fraction of sp³-hybridized carbons (Fsp3) is 0.0125. The van der Waals surface area contributed by atoms with E-state index in [9.17, 15) is 9.59 Å². The van der Waals surface area contributed by atoms with Crippen LogP contribution in [0.5, 0.6) is 69.0 Å². The van der Waals surface area contributed by atoms with E-state index in [4.69, 9.17) is 158 Å². The van der Waals surface area contributed by atoms with Crippen LogP contribution in [-0.4, -0.2) is 23.7 Å². The summed E-state index contributed by atoms with van der Waals surface area (Å²) in [5, 5.41) is 0. The van der Waals surface area contributed by atoms with Gasteiger partial charge in [-0.05, 0) is 206 Å². The molecule has 0 saturated carbocycles. The number of rotatable bonds is 16. The summed E-state index contributed by atoms with van der Waals surface area (Å²) < 4.78 is 43.8. The molecule has 42 N–H and O–H groups in total. The Morgan fingerprint density at radius 2 is 0.420 bits per heavy atom. The van der Waals surface area contributed by atoms with E-state index in [0.29, 0.717) is 183 Å². The van der Waals surface area contributed by atoms with Crippen molar-refractivity contribution in [2.24, 2.45) is 0 Å². The molecule has 0 fully saturated rings. The molecule has 112 heavy (non-hydrogen) atoms. The van der Waals surface area contributed by atoms with Crippen molar-refractivity contribution in [3.05, 3.63) is 266 Å². The first-order valence-electron chi connectivity index (χ1n) is 33.2. The Kier molecular flexibility index (Phi) is 27.8. The number of nitrogens with zero attached hydrogens (tertiary/aromatic N) is 1. The smallest absolute Gasteiger partial charge is 0.341 e. The zero-order chi connectivity index (χ0) is 81.1. The SMILES string of the molecule is Nc1cc(N)cc(C(=O)OCOC(=O)c2cc(N)cc(N)c2)c1.Nc1cc(N)cc(Oc2ccc(Oc3cc(N)cc(N)c3)cc2)c1.Nc1cc(N)nc(N)c1.Nc1ccc(Oc2ccc(N)cc2N)c(N)c1.Nc1ccc(Oc2ccc(N)cc2N)cc1.Nc1ccc(Oc2ccc(Oc3cc(N)cc(N)c3)cc2)cc1. The second-order valence-electron chi connectivity index (χ2n) is 24.1. The fourth-order valence-corrected chi connectivity index (χ4v) is 9.60. The number of carbonyl (C=O) groups excluding carboxylic acids is 2. The Morgan fingerprint density at radius 3 is 0.679 bits per heavy atom. The molecule has 0 radical (unpaired) electrons. The van der Waals surface area contributed by atoms with E-state index in [-0.39, 0.29) is 11.1 Å². The predicted molar refractivity (Wildman–Crippen MR) is 450 cm³/mol. The van der Waals surface area contributed by atoms with Crippen molar-refractivity contribution >= 4 is 132 Å². The number of anilines is 21. The third-order valence-electron chi connectivity index (χ3n) is 14.4. The molecule has 0 unspecified atom stereocenters. The average molecular weight is 1520 g/mol.